The SMILES string of the molecule is CC(C)(C)OC(=O)N1CCC2(CCc3cc(-c4ccc(CSCc5cnccn5)cc4)ccc3O2)CC1. The highest BCUT2D eigenvalue weighted by Gasteiger charge is 2.41. The van der Waals surface area contributed by atoms with Gasteiger partial charge in [0.15, 0.2) is 0 Å². The second-order valence-corrected chi connectivity index (χ2v) is 11.9. The normalized spacial score (nSPS) is 16.7. The van der Waals surface area contributed by atoms with Gasteiger partial charge in [-0.3, -0.25) is 9.97 Å². The highest BCUT2D eigenvalue weighted by molar-refractivity contribution is 7.97. The molecule has 0 N–H and O–H groups in total. The molecule has 1 fully saturated rings. The summed E-state index contributed by atoms with van der Waals surface area (Å²) >= 11 is 1.85. The first-order valence-corrected chi connectivity index (χ1v) is 14.2. The van der Waals surface area contributed by atoms with E-state index in [4.69, 9.17) is 9.47 Å². The van der Waals surface area contributed by atoms with Crippen molar-refractivity contribution < 1.29 is 14.3 Å². The van der Waals surface area contributed by atoms with Gasteiger partial charge in [-0.05, 0) is 68.0 Å². The number of fused-ring (bicyclic) bond motifs is 1. The average Bonchev–Trinajstić information content (AvgIpc) is 2.89. The van der Waals surface area contributed by atoms with Gasteiger partial charge in [-0.2, -0.15) is 11.8 Å². The van der Waals surface area contributed by atoms with Crippen LogP contribution in [0.15, 0.2) is 61.1 Å². The molecule has 194 valence electrons. The molecule has 1 aromatic heterocycles. The molecule has 0 radical (unpaired) electrons. The summed E-state index contributed by atoms with van der Waals surface area (Å²) in [5.74, 6) is 2.79. The van der Waals surface area contributed by atoms with Gasteiger partial charge in [0, 0.05) is 56.0 Å². The monoisotopic (exact) mass is 517 g/mol. The van der Waals surface area contributed by atoms with Crippen molar-refractivity contribution in [3.8, 4) is 16.9 Å². The number of amides is 1. The van der Waals surface area contributed by atoms with Gasteiger partial charge in [-0.15, -0.1) is 0 Å². The standard InChI is InChI=1S/C30H35N3O3S/c1-29(2,3)36-28(34)33-16-12-30(13-17-33)11-10-25-18-24(8-9-27(25)35-30)23-6-4-22(5-7-23)20-37-21-26-19-31-14-15-32-26/h4-9,14-15,18-19H,10-13,16-17,20-21H2,1-3H3. The van der Waals surface area contributed by atoms with Crippen LogP contribution in [-0.2, 0) is 22.7 Å². The molecule has 7 heteroatoms. The van der Waals surface area contributed by atoms with Crippen molar-refractivity contribution in [2.45, 2.75) is 69.2 Å². The number of likely N-dealkylation sites (tertiary alicyclic amines) is 1. The predicted octanol–water partition coefficient (Wildman–Crippen LogP) is 6.67. The van der Waals surface area contributed by atoms with Crippen molar-refractivity contribution in [2.75, 3.05) is 13.1 Å². The molecule has 5 rings (SSSR count). The Bertz CT molecular complexity index is 1220. The lowest BCUT2D eigenvalue weighted by Crippen LogP contribution is -2.52. The zero-order valence-corrected chi connectivity index (χ0v) is 22.7. The molecule has 3 heterocycles. The Morgan fingerprint density at radius 3 is 2.49 bits per heavy atom. The van der Waals surface area contributed by atoms with E-state index in [2.05, 4.69) is 52.4 Å². The Labute approximate surface area is 223 Å². The Balaban J connectivity index is 1.17. The van der Waals surface area contributed by atoms with Crippen molar-refractivity contribution in [1.29, 1.82) is 0 Å². The molecular formula is C30H35N3O3S. The highest BCUT2D eigenvalue weighted by atomic mass is 32.2. The van der Waals surface area contributed by atoms with Crippen LogP contribution < -0.4 is 4.74 Å². The zero-order chi connectivity index (χ0) is 25.9. The van der Waals surface area contributed by atoms with E-state index in [1.54, 1.807) is 12.4 Å². The lowest BCUT2D eigenvalue weighted by molar-refractivity contribution is -0.0272. The lowest BCUT2D eigenvalue weighted by Gasteiger charge is -2.44. The molecule has 2 aromatic carbocycles. The number of thioether (sulfide) groups is 1. The van der Waals surface area contributed by atoms with Crippen molar-refractivity contribution in [3.05, 3.63) is 77.9 Å². The number of hydrogen-bond donors (Lipinski definition) is 0. The fourth-order valence-corrected chi connectivity index (χ4v) is 5.84. The smallest absolute Gasteiger partial charge is 0.410 e. The van der Waals surface area contributed by atoms with Crippen LogP contribution in [0.1, 0.15) is 56.9 Å². The van der Waals surface area contributed by atoms with Crippen LogP contribution >= 0.6 is 11.8 Å². The maximum Gasteiger partial charge on any atom is 0.410 e. The fraction of sp³-hybridized carbons (Fsp3) is 0.433. The molecule has 1 amide bonds. The third kappa shape index (κ3) is 6.45. The summed E-state index contributed by atoms with van der Waals surface area (Å²) in [6, 6.07) is 15.4. The van der Waals surface area contributed by atoms with Gasteiger partial charge in [0.25, 0.3) is 0 Å². The largest absolute Gasteiger partial charge is 0.487 e. The molecule has 37 heavy (non-hydrogen) atoms. The number of carbonyl (C=O) groups is 1. The van der Waals surface area contributed by atoms with Gasteiger partial charge in [0.2, 0.25) is 0 Å². The summed E-state index contributed by atoms with van der Waals surface area (Å²) in [6.07, 6.45) is 8.69. The molecular weight excluding hydrogens is 482 g/mol. The fourth-order valence-electron chi connectivity index (χ4n) is 4.95. The summed E-state index contributed by atoms with van der Waals surface area (Å²) in [5, 5.41) is 0. The molecule has 1 saturated heterocycles. The van der Waals surface area contributed by atoms with E-state index in [9.17, 15) is 4.79 Å². The Morgan fingerprint density at radius 2 is 1.78 bits per heavy atom. The summed E-state index contributed by atoms with van der Waals surface area (Å²) in [7, 11) is 0. The van der Waals surface area contributed by atoms with Gasteiger partial charge in [-0.1, -0.05) is 30.3 Å². The van der Waals surface area contributed by atoms with Crippen molar-refractivity contribution in [2.24, 2.45) is 0 Å². The van der Waals surface area contributed by atoms with E-state index < -0.39 is 5.60 Å². The molecule has 0 bridgehead atoms. The number of carbonyl (C=O) groups excluding carboxylic acids is 1. The van der Waals surface area contributed by atoms with Gasteiger partial charge < -0.3 is 14.4 Å². The predicted molar refractivity (Wildman–Crippen MR) is 148 cm³/mol. The molecule has 0 saturated carbocycles. The summed E-state index contributed by atoms with van der Waals surface area (Å²) in [4.78, 5) is 22.7. The third-order valence-corrected chi connectivity index (χ3v) is 8.02. The number of ether oxygens (including phenoxy) is 2. The van der Waals surface area contributed by atoms with E-state index in [-0.39, 0.29) is 11.7 Å². The van der Waals surface area contributed by atoms with Crippen molar-refractivity contribution in [3.63, 3.8) is 0 Å². The number of rotatable bonds is 5. The van der Waals surface area contributed by atoms with E-state index in [0.29, 0.717) is 13.1 Å². The minimum atomic E-state index is -0.471. The van der Waals surface area contributed by atoms with Crippen LogP contribution in [0.25, 0.3) is 11.1 Å². The minimum absolute atomic E-state index is 0.183. The van der Waals surface area contributed by atoms with Crippen LogP contribution in [-0.4, -0.2) is 45.3 Å². The average molecular weight is 518 g/mol. The van der Waals surface area contributed by atoms with Gasteiger partial charge in [0.1, 0.15) is 17.0 Å². The van der Waals surface area contributed by atoms with E-state index >= 15 is 0 Å². The number of benzene rings is 2. The first-order valence-electron chi connectivity index (χ1n) is 13.0. The number of aryl methyl sites for hydroxylation is 1. The molecule has 1 spiro atoms. The van der Waals surface area contributed by atoms with E-state index in [0.717, 1.165) is 48.6 Å². The van der Waals surface area contributed by atoms with Crippen molar-refractivity contribution in [1.82, 2.24) is 14.9 Å². The summed E-state index contributed by atoms with van der Waals surface area (Å²) in [5.41, 5.74) is 5.36. The van der Waals surface area contributed by atoms with Crippen LogP contribution in [0, 0.1) is 0 Å². The Morgan fingerprint density at radius 1 is 1.03 bits per heavy atom. The second kappa shape index (κ2) is 10.7. The summed E-state index contributed by atoms with van der Waals surface area (Å²) in [6.45, 7) is 7.06. The lowest BCUT2D eigenvalue weighted by atomic mass is 9.82. The Hall–Kier alpha value is -3.06. The van der Waals surface area contributed by atoms with Crippen LogP contribution in [0.5, 0.6) is 5.75 Å². The molecule has 0 atom stereocenters. The minimum Gasteiger partial charge on any atom is -0.487 e. The molecule has 2 aliphatic heterocycles. The first kappa shape index (κ1) is 25.6. The van der Waals surface area contributed by atoms with Crippen LogP contribution in [0.3, 0.4) is 0 Å². The maximum absolute atomic E-state index is 12.4. The van der Waals surface area contributed by atoms with E-state index in [1.165, 1.54) is 22.3 Å². The van der Waals surface area contributed by atoms with Gasteiger partial charge >= 0.3 is 6.09 Å². The van der Waals surface area contributed by atoms with Gasteiger partial charge in [0.05, 0.1) is 5.69 Å². The molecule has 0 unspecified atom stereocenters. The zero-order valence-electron chi connectivity index (χ0n) is 21.9. The molecule has 6 nitrogen and oxygen atoms in total. The van der Waals surface area contributed by atoms with Crippen LogP contribution in [0.4, 0.5) is 4.79 Å². The molecule has 3 aromatic rings. The van der Waals surface area contributed by atoms with Crippen LogP contribution in [0.2, 0.25) is 0 Å². The quantitative estimate of drug-likeness (QED) is 0.377. The van der Waals surface area contributed by atoms with E-state index in [1.807, 2.05) is 43.6 Å². The number of aromatic nitrogens is 2. The second-order valence-electron chi connectivity index (χ2n) is 11.0. The number of piperidine rings is 1. The topological polar surface area (TPSA) is 64.5 Å². The molecule has 2 aliphatic rings. The first-order chi connectivity index (χ1) is 17.8. The third-order valence-electron chi connectivity index (χ3n) is 6.99. The van der Waals surface area contributed by atoms with Gasteiger partial charge in [-0.25, -0.2) is 4.79 Å². The van der Waals surface area contributed by atoms with Crippen molar-refractivity contribution >= 4 is 17.9 Å². The number of nitrogens with zero attached hydrogens (tertiary/aromatic N) is 3. The number of hydrogen-bond acceptors (Lipinski definition) is 6. The highest BCUT2D eigenvalue weighted by Crippen LogP contribution is 2.41. The maximum atomic E-state index is 12.4. The molecule has 0 aliphatic carbocycles. The Kier molecular flexibility index (Phi) is 7.43. The summed E-state index contributed by atoms with van der Waals surface area (Å²) < 4.78 is 12.1.